The minimum Gasteiger partial charge on any atom is -0.507 e. The Labute approximate surface area is 181 Å². The summed E-state index contributed by atoms with van der Waals surface area (Å²) >= 11 is 3.48. The molecule has 0 unspecified atom stereocenters. The average Bonchev–Trinajstić information content (AvgIpc) is 3.40. The average molecular weight is 460 g/mol. The molecule has 0 aliphatic heterocycles. The summed E-state index contributed by atoms with van der Waals surface area (Å²) in [4.78, 5) is 11.7. The molecule has 0 fully saturated rings. The molecule has 3 N–H and O–H groups in total. The Morgan fingerprint density at radius 2 is 1.77 bits per heavy atom. The highest BCUT2D eigenvalue weighted by Crippen LogP contribution is 2.39. The van der Waals surface area contributed by atoms with Gasteiger partial charge in [0.1, 0.15) is 17.3 Å². The standard InChI is InChI=1S/C24H18BrN3O2/c1-30-16-9-6-14(7-10-16)22-23(19-13-26-20-5-3-2-4-17(19)20)28-24(27-22)18-12-15(25)8-11-21(18)29/h2-13,26,29H,1H3,(H,27,28). The normalized spacial score (nSPS) is 11.1. The first kappa shape index (κ1) is 18.5. The van der Waals surface area contributed by atoms with Gasteiger partial charge in [0, 0.05) is 32.7 Å². The molecule has 148 valence electrons. The second-order valence-electron chi connectivity index (χ2n) is 6.95. The third kappa shape index (κ3) is 3.15. The molecule has 5 rings (SSSR count). The van der Waals surface area contributed by atoms with E-state index in [9.17, 15) is 5.11 Å². The van der Waals surface area contributed by atoms with Crippen LogP contribution in [0.2, 0.25) is 0 Å². The van der Waals surface area contributed by atoms with Crippen molar-refractivity contribution in [2.24, 2.45) is 0 Å². The van der Waals surface area contributed by atoms with Crippen LogP contribution in [0, 0.1) is 0 Å². The maximum Gasteiger partial charge on any atom is 0.142 e. The molecule has 0 spiro atoms. The first-order chi connectivity index (χ1) is 14.6. The van der Waals surface area contributed by atoms with E-state index in [1.54, 1.807) is 19.2 Å². The monoisotopic (exact) mass is 459 g/mol. The highest BCUT2D eigenvalue weighted by molar-refractivity contribution is 9.10. The number of aromatic amines is 2. The molecule has 0 aliphatic rings. The second-order valence-corrected chi connectivity index (χ2v) is 7.86. The fraction of sp³-hybridized carbons (Fsp3) is 0.0417. The van der Waals surface area contributed by atoms with E-state index in [0.29, 0.717) is 11.4 Å². The molecular formula is C24H18BrN3O2. The van der Waals surface area contributed by atoms with Crippen molar-refractivity contribution in [3.63, 3.8) is 0 Å². The zero-order valence-corrected chi connectivity index (χ0v) is 17.7. The van der Waals surface area contributed by atoms with Gasteiger partial charge in [-0.3, -0.25) is 0 Å². The van der Waals surface area contributed by atoms with Crippen molar-refractivity contribution in [1.82, 2.24) is 15.0 Å². The molecule has 2 aromatic heterocycles. The number of benzene rings is 3. The molecule has 30 heavy (non-hydrogen) atoms. The number of nitrogens with zero attached hydrogens (tertiary/aromatic N) is 1. The molecule has 6 heteroatoms. The number of halogens is 1. The summed E-state index contributed by atoms with van der Waals surface area (Å²) in [5, 5.41) is 11.5. The summed E-state index contributed by atoms with van der Waals surface area (Å²) in [5.41, 5.74) is 5.33. The number of aromatic hydroxyl groups is 1. The summed E-state index contributed by atoms with van der Waals surface area (Å²) in [7, 11) is 1.65. The minimum atomic E-state index is 0.165. The lowest BCUT2D eigenvalue weighted by Crippen LogP contribution is -1.85. The number of hydrogen-bond acceptors (Lipinski definition) is 3. The van der Waals surface area contributed by atoms with Crippen LogP contribution in [-0.4, -0.2) is 27.2 Å². The zero-order chi connectivity index (χ0) is 20.7. The quantitative estimate of drug-likeness (QED) is 0.292. The fourth-order valence-corrected chi connectivity index (χ4v) is 3.99. The Balaban J connectivity index is 1.75. The van der Waals surface area contributed by atoms with E-state index in [2.05, 4.69) is 32.0 Å². The van der Waals surface area contributed by atoms with E-state index in [-0.39, 0.29) is 5.75 Å². The van der Waals surface area contributed by atoms with Crippen molar-refractivity contribution in [3.8, 4) is 45.4 Å². The lowest BCUT2D eigenvalue weighted by Gasteiger charge is -2.04. The molecule has 2 heterocycles. The summed E-state index contributed by atoms with van der Waals surface area (Å²) in [6.07, 6.45) is 1.98. The van der Waals surface area contributed by atoms with Crippen LogP contribution < -0.4 is 4.74 Å². The molecule has 3 aromatic carbocycles. The predicted molar refractivity (Wildman–Crippen MR) is 123 cm³/mol. The van der Waals surface area contributed by atoms with Crippen molar-refractivity contribution in [1.29, 1.82) is 0 Å². The Morgan fingerprint density at radius 1 is 0.967 bits per heavy atom. The number of rotatable bonds is 4. The van der Waals surface area contributed by atoms with Gasteiger partial charge in [0.25, 0.3) is 0 Å². The van der Waals surface area contributed by atoms with E-state index >= 15 is 0 Å². The van der Waals surface area contributed by atoms with Crippen molar-refractivity contribution in [2.75, 3.05) is 7.11 Å². The van der Waals surface area contributed by atoms with Gasteiger partial charge in [0.2, 0.25) is 0 Å². The smallest absolute Gasteiger partial charge is 0.142 e. The van der Waals surface area contributed by atoms with Crippen molar-refractivity contribution in [3.05, 3.63) is 77.4 Å². The van der Waals surface area contributed by atoms with Crippen LogP contribution in [0.15, 0.2) is 77.4 Å². The molecule has 0 amide bonds. The van der Waals surface area contributed by atoms with Crippen LogP contribution in [0.3, 0.4) is 0 Å². The van der Waals surface area contributed by atoms with Gasteiger partial charge in [-0.25, -0.2) is 4.98 Å². The van der Waals surface area contributed by atoms with E-state index < -0.39 is 0 Å². The molecule has 0 radical (unpaired) electrons. The molecule has 0 saturated carbocycles. The molecule has 0 aliphatic carbocycles. The molecular weight excluding hydrogens is 442 g/mol. The maximum absolute atomic E-state index is 10.4. The topological polar surface area (TPSA) is 73.9 Å². The van der Waals surface area contributed by atoms with Gasteiger partial charge in [0.15, 0.2) is 0 Å². The molecule has 0 saturated heterocycles. The number of nitrogens with one attached hydrogen (secondary N) is 2. The van der Waals surface area contributed by atoms with Gasteiger partial charge in [0.05, 0.1) is 24.1 Å². The number of methoxy groups -OCH3 is 1. The number of aromatic nitrogens is 3. The first-order valence-corrected chi connectivity index (χ1v) is 10.2. The molecule has 0 bridgehead atoms. The van der Waals surface area contributed by atoms with Crippen molar-refractivity contribution >= 4 is 26.8 Å². The molecule has 0 atom stereocenters. The maximum atomic E-state index is 10.4. The van der Waals surface area contributed by atoms with Gasteiger partial charge in [-0.1, -0.05) is 34.1 Å². The van der Waals surface area contributed by atoms with Crippen LogP contribution >= 0.6 is 15.9 Å². The van der Waals surface area contributed by atoms with Crippen molar-refractivity contribution < 1.29 is 9.84 Å². The van der Waals surface area contributed by atoms with Crippen LogP contribution in [0.1, 0.15) is 0 Å². The van der Waals surface area contributed by atoms with Crippen LogP contribution in [0.4, 0.5) is 0 Å². The van der Waals surface area contributed by atoms with E-state index in [4.69, 9.17) is 9.72 Å². The van der Waals surface area contributed by atoms with Crippen LogP contribution in [-0.2, 0) is 0 Å². The summed E-state index contributed by atoms with van der Waals surface area (Å²) in [6.45, 7) is 0. The first-order valence-electron chi connectivity index (χ1n) is 9.44. The van der Waals surface area contributed by atoms with E-state index in [1.807, 2.05) is 54.7 Å². The Bertz CT molecular complexity index is 1350. The van der Waals surface area contributed by atoms with E-state index in [0.717, 1.165) is 43.6 Å². The Kier molecular flexibility index (Phi) is 4.56. The summed E-state index contributed by atoms with van der Waals surface area (Å²) in [6, 6.07) is 21.3. The minimum absolute atomic E-state index is 0.165. The number of phenols is 1. The second kappa shape index (κ2) is 7.39. The lowest BCUT2D eigenvalue weighted by atomic mass is 10.0. The van der Waals surface area contributed by atoms with Gasteiger partial charge in [-0.05, 0) is 48.5 Å². The van der Waals surface area contributed by atoms with Gasteiger partial charge in [-0.15, -0.1) is 0 Å². The SMILES string of the molecule is COc1ccc(-c2nc(-c3cc(Br)ccc3O)[nH]c2-c2c[nH]c3ccccc23)cc1. The Morgan fingerprint density at radius 3 is 2.57 bits per heavy atom. The number of ether oxygens (including phenoxy) is 1. The predicted octanol–water partition coefficient (Wildman–Crippen LogP) is 6.37. The number of phenolic OH excluding ortho intramolecular Hbond substituents is 1. The molecule has 5 aromatic rings. The van der Waals surface area contributed by atoms with Crippen LogP contribution in [0.25, 0.3) is 44.8 Å². The van der Waals surface area contributed by atoms with Gasteiger partial charge >= 0.3 is 0 Å². The Hall–Kier alpha value is -3.51. The highest BCUT2D eigenvalue weighted by Gasteiger charge is 2.19. The van der Waals surface area contributed by atoms with Gasteiger partial charge in [-0.2, -0.15) is 0 Å². The molecule has 5 nitrogen and oxygen atoms in total. The number of para-hydroxylation sites is 1. The fourth-order valence-electron chi connectivity index (χ4n) is 3.63. The highest BCUT2D eigenvalue weighted by atomic mass is 79.9. The summed E-state index contributed by atoms with van der Waals surface area (Å²) < 4.78 is 6.16. The third-order valence-electron chi connectivity index (χ3n) is 5.14. The number of imidazole rings is 1. The number of H-pyrrole nitrogens is 2. The lowest BCUT2D eigenvalue weighted by molar-refractivity contribution is 0.415. The zero-order valence-electron chi connectivity index (χ0n) is 16.1. The largest absolute Gasteiger partial charge is 0.507 e. The van der Waals surface area contributed by atoms with Crippen LogP contribution in [0.5, 0.6) is 11.5 Å². The van der Waals surface area contributed by atoms with Crippen molar-refractivity contribution in [2.45, 2.75) is 0 Å². The van der Waals surface area contributed by atoms with E-state index in [1.165, 1.54) is 0 Å². The number of fused-ring (bicyclic) bond motifs is 1. The number of hydrogen-bond donors (Lipinski definition) is 3. The summed E-state index contributed by atoms with van der Waals surface area (Å²) in [5.74, 6) is 1.55. The third-order valence-corrected chi connectivity index (χ3v) is 5.63. The van der Waals surface area contributed by atoms with Gasteiger partial charge < -0.3 is 19.8 Å².